The summed E-state index contributed by atoms with van der Waals surface area (Å²) >= 11 is 1.54. The van der Waals surface area contributed by atoms with Gasteiger partial charge in [-0.05, 0) is 67.3 Å². The van der Waals surface area contributed by atoms with Crippen LogP contribution in [0.25, 0.3) is 21.4 Å². The van der Waals surface area contributed by atoms with Crippen molar-refractivity contribution in [2.45, 2.75) is 39.7 Å². The minimum Gasteiger partial charge on any atom is -0.387 e. The van der Waals surface area contributed by atoms with E-state index in [1.54, 1.807) is 23.5 Å². The van der Waals surface area contributed by atoms with E-state index in [1.807, 2.05) is 49.1 Å². The van der Waals surface area contributed by atoms with Crippen molar-refractivity contribution in [1.82, 2.24) is 20.4 Å². The van der Waals surface area contributed by atoms with Crippen LogP contribution in [0.15, 0.2) is 53.1 Å². The Labute approximate surface area is 225 Å². The second-order valence-electron chi connectivity index (χ2n) is 10.6. The maximum Gasteiger partial charge on any atom is 0.414 e. The van der Waals surface area contributed by atoms with Crippen molar-refractivity contribution in [3.05, 3.63) is 64.8 Å². The Bertz CT molecular complexity index is 1510. The number of thiazole rings is 1. The highest BCUT2D eigenvalue weighted by Crippen LogP contribution is 2.46. The summed E-state index contributed by atoms with van der Waals surface area (Å²) in [5.74, 6) is 1.39. The molecule has 1 saturated heterocycles. The molecule has 1 aliphatic heterocycles. The molecule has 38 heavy (non-hydrogen) atoms. The third-order valence-electron chi connectivity index (χ3n) is 7.78. The second kappa shape index (κ2) is 9.87. The average molecular weight is 531 g/mol. The SMILES string of the molecule is Cc1cccc(-c2sc(C)nc2C(=O)N2C[C@@H]3CC(C)C[C@@H]3[C@H]2CNC(=O)Oc2noc3ccccc23)c1. The Hall–Kier alpha value is -3.72. The van der Waals surface area contributed by atoms with Gasteiger partial charge in [-0.3, -0.25) is 4.79 Å². The number of hydrogen-bond acceptors (Lipinski definition) is 7. The molecule has 1 saturated carbocycles. The number of likely N-dealkylation sites (tertiary alicyclic amines) is 1. The standard InChI is InChI=1S/C29H30N4O4S/c1-16-7-6-8-19(11-16)26-25(31-18(3)38-26)28(34)33-15-20-12-17(2)13-22(20)23(33)14-30-29(35)36-27-21-9-4-5-10-24(21)37-32-27/h4-11,17,20,22-23H,12-15H2,1-3H3,(H,30,35)/t17?,20-,22-,23+/m0/s1. The first kappa shape index (κ1) is 24.6. The first-order chi connectivity index (χ1) is 18.4. The van der Waals surface area contributed by atoms with Gasteiger partial charge in [0.05, 0.1) is 21.3 Å². The summed E-state index contributed by atoms with van der Waals surface area (Å²) in [5.41, 5.74) is 3.18. The molecule has 3 heterocycles. The molecule has 2 amide bonds. The van der Waals surface area contributed by atoms with Gasteiger partial charge in [-0.1, -0.05) is 48.9 Å². The molecule has 0 bridgehead atoms. The molecule has 4 atom stereocenters. The Morgan fingerprint density at radius 3 is 2.84 bits per heavy atom. The minimum atomic E-state index is -0.615. The molecule has 2 aromatic heterocycles. The smallest absolute Gasteiger partial charge is 0.387 e. The van der Waals surface area contributed by atoms with Gasteiger partial charge in [0.25, 0.3) is 11.8 Å². The van der Waals surface area contributed by atoms with E-state index in [0.29, 0.717) is 47.5 Å². The first-order valence-corrected chi connectivity index (χ1v) is 13.8. The van der Waals surface area contributed by atoms with Crippen LogP contribution >= 0.6 is 11.3 Å². The molecule has 1 unspecified atom stereocenters. The molecule has 1 N–H and O–H groups in total. The number of hydrogen-bond donors (Lipinski definition) is 1. The number of ether oxygens (including phenoxy) is 1. The molecule has 0 spiro atoms. The van der Waals surface area contributed by atoms with E-state index in [0.717, 1.165) is 33.9 Å². The molecule has 0 radical (unpaired) electrons. The Morgan fingerprint density at radius 1 is 1.16 bits per heavy atom. The van der Waals surface area contributed by atoms with E-state index in [2.05, 4.69) is 28.4 Å². The summed E-state index contributed by atoms with van der Waals surface area (Å²) in [6, 6.07) is 15.3. The molecule has 2 fully saturated rings. The molecule has 4 aromatic rings. The van der Waals surface area contributed by atoms with E-state index >= 15 is 0 Å². The lowest BCUT2D eigenvalue weighted by molar-refractivity contribution is 0.0702. The quantitative estimate of drug-likeness (QED) is 0.348. The third kappa shape index (κ3) is 4.55. The van der Waals surface area contributed by atoms with E-state index in [1.165, 1.54) is 0 Å². The van der Waals surface area contributed by atoms with Gasteiger partial charge in [0, 0.05) is 13.1 Å². The molecular formula is C29H30N4O4S. The maximum absolute atomic E-state index is 14.0. The molecular weight excluding hydrogens is 500 g/mol. The van der Waals surface area contributed by atoms with Crippen LogP contribution in [0.1, 0.15) is 40.8 Å². The molecule has 196 valence electrons. The zero-order valence-electron chi connectivity index (χ0n) is 21.6. The minimum absolute atomic E-state index is 0.0735. The van der Waals surface area contributed by atoms with Crippen molar-refractivity contribution in [3.8, 4) is 16.3 Å². The molecule has 2 aliphatic rings. The number of aryl methyl sites for hydroxylation is 2. The normalized spacial score (nSPS) is 22.6. The summed E-state index contributed by atoms with van der Waals surface area (Å²) in [5, 5.41) is 8.26. The van der Waals surface area contributed by atoms with Crippen LogP contribution in [-0.2, 0) is 0 Å². The summed E-state index contributed by atoms with van der Waals surface area (Å²) in [6.45, 7) is 7.22. The van der Waals surface area contributed by atoms with Gasteiger partial charge in [0.1, 0.15) is 5.69 Å². The topological polar surface area (TPSA) is 97.6 Å². The highest BCUT2D eigenvalue weighted by molar-refractivity contribution is 7.15. The fraction of sp³-hybridized carbons (Fsp3) is 0.379. The van der Waals surface area contributed by atoms with Crippen molar-refractivity contribution < 1.29 is 18.8 Å². The Kier molecular flexibility index (Phi) is 6.39. The van der Waals surface area contributed by atoms with E-state index in [-0.39, 0.29) is 17.8 Å². The van der Waals surface area contributed by atoms with Crippen molar-refractivity contribution in [3.63, 3.8) is 0 Å². The van der Waals surface area contributed by atoms with Gasteiger partial charge in [0.2, 0.25) is 0 Å². The van der Waals surface area contributed by atoms with Crippen molar-refractivity contribution in [1.29, 1.82) is 0 Å². The number of amides is 2. The largest absolute Gasteiger partial charge is 0.414 e. The fourth-order valence-corrected chi connectivity index (χ4v) is 7.09. The van der Waals surface area contributed by atoms with Gasteiger partial charge < -0.3 is 19.5 Å². The van der Waals surface area contributed by atoms with Crippen LogP contribution in [0.4, 0.5) is 4.79 Å². The van der Waals surface area contributed by atoms with Crippen LogP contribution in [0.5, 0.6) is 5.88 Å². The fourth-order valence-electron chi connectivity index (χ4n) is 6.18. The molecule has 9 heteroatoms. The second-order valence-corrected chi connectivity index (χ2v) is 11.8. The zero-order chi connectivity index (χ0) is 26.4. The van der Waals surface area contributed by atoms with Crippen LogP contribution in [0.3, 0.4) is 0 Å². The summed E-state index contributed by atoms with van der Waals surface area (Å²) in [7, 11) is 0. The molecule has 2 aromatic carbocycles. The molecule has 6 rings (SSSR count). The van der Waals surface area contributed by atoms with Crippen LogP contribution in [0, 0.1) is 31.6 Å². The maximum atomic E-state index is 14.0. The zero-order valence-corrected chi connectivity index (χ0v) is 22.5. The van der Waals surface area contributed by atoms with Gasteiger partial charge in [0.15, 0.2) is 5.58 Å². The summed E-state index contributed by atoms with van der Waals surface area (Å²) in [6.07, 6.45) is 1.50. The van der Waals surface area contributed by atoms with Gasteiger partial charge in [-0.2, -0.15) is 0 Å². The predicted molar refractivity (Wildman–Crippen MR) is 145 cm³/mol. The third-order valence-corrected chi connectivity index (χ3v) is 8.80. The number of benzene rings is 2. The number of rotatable bonds is 5. The number of fused-ring (bicyclic) bond motifs is 2. The van der Waals surface area contributed by atoms with E-state index in [4.69, 9.17) is 9.26 Å². The number of aromatic nitrogens is 2. The van der Waals surface area contributed by atoms with Crippen molar-refractivity contribution in [2.24, 2.45) is 17.8 Å². The van der Waals surface area contributed by atoms with Gasteiger partial charge >= 0.3 is 6.09 Å². The van der Waals surface area contributed by atoms with Crippen molar-refractivity contribution in [2.75, 3.05) is 13.1 Å². The first-order valence-electron chi connectivity index (χ1n) is 13.0. The van der Waals surface area contributed by atoms with E-state index in [9.17, 15) is 9.59 Å². The lowest BCUT2D eigenvalue weighted by Gasteiger charge is -2.28. The average Bonchev–Trinajstić information content (AvgIpc) is 3.65. The van der Waals surface area contributed by atoms with Crippen LogP contribution < -0.4 is 10.1 Å². The monoisotopic (exact) mass is 530 g/mol. The Morgan fingerprint density at radius 2 is 2.00 bits per heavy atom. The van der Waals surface area contributed by atoms with E-state index < -0.39 is 6.09 Å². The number of nitrogens with zero attached hydrogens (tertiary/aromatic N) is 3. The molecule has 8 nitrogen and oxygen atoms in total. The van der Waals surface area contributed by atoms with Crippen LogP contribution in [0.2, 0.25) is 0 Å². The van der Waals surface area contributed by atoms with Gasteiger partial charge in [-0.15, -0.1) is 11.3 Å². The number of para-hydroxylation sites is 1. The van der Waals surface area contributed by atoms with Crippen LogP contribution in [-0.4, -0.2) is 46.2 Å². The molecule has 1 aliphatic carbocycles. The number of carbonyl (C=O) groups excluding carboxylic acids is 2. The Balaban J connectivity index is 1.22. The number of nitrogens with one attached hydrogen (secondary N) is 1. The number of carbonyl (C=O) groups is 2. The predicted octanol–water partition coefficient (Wildman–Crippen LogP) is 5.84. The lowest BCUT2D eigenvalue weighted by atomic mass is 9.93. The summed E-state index contributed by atoms with van der Waals surface area (Å²) < 4.78 is 10.7. The van der Waals surface area contributed by atoms with Gasteiger partial charge in [-0.25, -0.2) is 9.78 Å². The highest BCUT2D eigenvalue weighted by Gasteiger charge is 2.48. The summed E-state index contributed by atoms with van der Waals surface area (Å²) in [4.78, 5) is 34.3. The van der Waals surface area contributed by atoms with Crippen molar-refractivity contribution >= 4 is 34.3 Å². The lowest BCUT2D eigenvalue weighted by Crippen LogP contribution is -2.46. The highest BCUT2D eigenvalue weighted by atomic mass is 32.1.